The van der Waals surface area contributed by atoms with Crippen molar-refractivity contribution in [2.45, 2.75) is 12.5 Å². The summed E-state index contributed by atoms with van der Waals surface area (Å²) in [5.41, 5.74) is 0. The SMILES string of the molecule is C=C/C=C/[C@@H](CCO)OC. The Morgan fingerprint density at radius 2 is 2.40 bits per heavy atom. The molecule has 0 unspecified atom stereocenters. The van der Waals surface area contributed by atoms with Crippen LogP contribution in [0.5, 0.6) is 0 Å². The Kier molecular flexibility index (Phi) is 6.13. The van der Waals surface area contributed by atoms with Crippen molar-refractivity contribution in [3.05, 3.63) is 24.8 Å². The Hall–Kier alpha value is -0.600. The third kappa shape index (κ3) is 4.30. The molecule has 10 heavy (non-hydrogen) atoms. The fourth-order valence-corrected chi connectivity index (χ4v) is 0.622. The van der Waals surface area contributed by atoms with Crippen molar-refractivity contribution in [1.82, 2.24) is 0 Å². The first-order valence-corrected chi connectivity index (χ1v) is 3.28. The zero-order valence-corrected chi connectivity index (χ0v) is 6.29. The second kappa shape index (κ2) is 6.52. The lowest BCUT2D eigenvalue weighted by molar-refractivity contribution is 0.112. The minimum atomic E-state index is 0.0167. The third-order valence-corrected chi connectivity index (χ3v) is 1.18. The predicted molar refractivity (Wildman–Crippen MR) is 41.8 cm³/mol. The summed E-state index contributed by atoms with van der Waals surface area (Å²) in [6, 6.07) is 0. The van der Waals surface area contributed by atoms with Crippen LogP contribution in [0.2, 0.25) is 0 Å². The molecule has 0 heterocycles. The molecule has 0 fully saturated rings. The lowest BCUT2D eigenvalue weighted by Crippen LogP contribution is -2.08. The molecule has 0 aliphatic rings. The van der Waals surface area contributed by atoms with Gasteiger partial charge in [-0.25, -0.2) is 0 Å². The fraction of sp³-hybridized carbons (Fsp3) is 0.500. The molecule has 0 rings (SSSR count). The summed E-state index contributed by atoms with van der Waals surface area (Å²) in [4.78, 5) is 0. The van der Waals surface area contributed by atoms with E-state index in [1.54, 1.807) is 13.2 Å². The average Bonchev–Trinajstić information content (AvgIpc) is 1.98. The summed E-state index contributed by atoms with van der Waals surface area (Å²) in [6.07, 6.45) is 6.01. The molecule has 0 amide bonds. The first-order chi connectivity index (χ1) is 4.85. The molecule has 0 radical (unpaired) electrons. The second-order valence-electron chi connectivity index (χ2n) is 1.91. The maximum absolute atomic E-state index is 8.53. The first kappa shape index (κ1) is 9.40. The average molecular weight is 142 g/mol. The number of hydrogen-bond donors (Lipinski definition) is 1. The number of aliphatic hydroxyl groups is 1. The van der Waals surface area contributed by atoms with Crippen LogP contribution in [0.4, 0.5) is 0 Å². The van der Waals surface area contributed by atoms with Gasteiger partial charge in [0.1, 0.15) is 0 Å². The number of ether oxygens (including phenoxy) is 1. The number of rotatable bonds is 5. The Bertz CT molecular complexity index is 108. The largest absolute Gasteiger partial charge is 0.396 e. The van der Waals surface area contributed by atoms with Crippen molar-refractivity contribution in [2.75, 3.05) is 13.7 Å². The molecule has 0 aliphatic carbocycles. The standard InChI is InChI=1S/C8H14O2/c1-3-4-5-8(10-2)6-7-9/h3-5,8-9H,1,6-7H2,2H3/b5-4+/t8-/m0/s1. The molecule has 0 aromatic carbocycles. The van der Waals surface area contributed by atoms with Gasteiger partial charge in [0.25, 0.3) is 0 Å². The molecular formula is C8H14O2. The summed E-state index contributed by atoms with van der Waals surface area (Å²) < 4.78 is 5.00. The van der Waals surface area contributed by atoms with Crippen LogP contribution in [0.25, 0.3) is 0 Å². The first-order valence-electron chi connectivity index (χ1n) is 3.28. The molecule has 58 valence electrons. The number of methoxy groups -OCH3 is 1. The molecular weight excluding hydrogens is 128 g/mol. The summed E-state index contributed by atoms with van der Waals surface area (Å²) in [5.74, 6) is 0. The topological polar surface area (TPSA) is 29.5 Å². The molecule has 2 nitrogen and oxygen atoms in total. The molecule has 0 saturated carbocycles. The van der Waals surface area contributed by atoms with E-state index >= 15 is 0 Å². The molecule has 1 N–H and O–H groups in total. The van der Waals surface area contributed by atoms with E-state index in [0.717, 1.165) is 0 Å². The van der Waals surface area contributed by atoms with Gasteiger partial charge in [0.2, 0.25) is 0 Å². The fourth-order valence-electron chi connectivity index (χ4n) is 0.622. The van der Waals surface area contributed by atoms with Crippen LogP contribution in [0.1, 0.15) is 6.42 Å². The van der Waals surface area contributed by atoms with Crippen LogP contribution >= 0.6 is 0 Å². The molecule has 0 saturated heterocycles. The van der Waals surface area contributed by atoms with E-state index in [4.69, 9.17) is 9.84 Å². The van der Waals surface area contributed by atoms with E-state index in [1.165, 1.54) is 0 Å². The summed E-state index contributed by atoms with van der Waals surface area (Å²) >= 11 is 0. The van der Waals surface area contributed by atoms with Gasteiger partial charge in [0, 0.05) is 20.1 Å². The van der Waals surface area contributed by atoms with E-state index in [9.17, 15) is 0 Å². The van der Waals surface area contributed by atoms with Crippen molar-refractivity contribution >= 4 is 0 Å². The number of aliphatic hydroxyl groups excluding tert-OH is 1. The molecule has 0 spiro atoms. The number of hydrogen-bond acceptors (Lipinski definition) is 2. The van der Waals surface area contributed by atoms with Crippen molar-refractivity contribution in [3.8, 4) is 0 Å². The van der Waals surface area contributed by atoms with E-state index in [0.29, 0.717) is 6.42 Å². The zero-order valence-electron chi connectivity index (χ0n) is 6.29. The Morgan fingerprint density at radius 1 is 1.70 bits per heavy atom. The molecule has 0 aromatic rings. The van der Waals surface area contributed by atoms with Gasteiger partial charge >= 0.3 is 0 Å². The molecule has 0 bridgehead atoms. The predicted octanol–water partition coefficient (Wildman–Crippen LogP) is 1.13. The normalized spacial score (nSPS) is 13.8. The summed E-state index contributed by atoms with van der Waals surface area (Å²) in [5, 5.41) is 8.53. The Morgan fingerprint density at radius 3 is 2.80 bits per heavy atom. The van der Waals surface area contributed by atoms with Gasteiger partial charge in [-0.15, -0.1) is 0 Å². The quantitative estimate of drug-likeness (QED) is 0.583. The van der Waals surface area contributed by atoms with Gasteiger partial charge in [-0.1, -0.05) is 24.8 Å². The van der Waals surface area contributed by atoms with Crippen LogP contribution < -0.4 is 0 Å². The van der Waals surface area contributed by atoms with E-state index in [2.05, 4.69) is 6.58 Å². The van der Waals surface area contributed by atoms with Crippen molar-refractivity contribution in [2.24, 2.45) is 0 Å². The summed E-state index contributed by atoms with van der Waals surface area (Å²) in [6.45, 7) is 3.67. The third-order valence-electron chi connectivity index (χ3n) is 1.18. The molecule has 0 aromatic heterocycles. The van der Waals surface area contributed by atoms with Gasteiger partial charge in [-0.2, -0.15) is 0 Å². The van der Waals surface area contributed by atoms with E-state index in [1.807, 2.05) is 12.2 Å². The van der Waals surface area contributed by atoms with Crippen LogP contribution in [-0.2, 0) is 4.74 Å². The van der Waals surface area contributed by atoms with Gasteiger partial charge in [0.05, 0.1) is 6.10 Å². The van der Waals surface area contributed by atoms with Gasteiger partial charge in [0.15, 0.2) is 0 Å². The Balaban J connectivity index is 3.58. The lowest BCUT2D eigenvalue weighted by atomic mass is 10.2. The molecule has 2 heteroatoms. The van der Waals surface area contributed by atoms with Gasteiger partial charge in [-0.3, -0.25) is 0 Å². The van der Waals surface area contributed by atoms with Crippen LogP contribution in [0.3, 0.4) is 0 Å². The monoisotopic (exact) mass is 142 g/mol. The highest BCUT2D eigenvalue weighted by Gasteiger charge is 1.98. The minimum Gasteiger partial charge on any atom is -0.396 e. The van der Waals surface area contributed by atoms with Gasteiger partial charge < -0.3 is 9.84 Å². The maximum Gasteiger partial charge on any atom is 0.0776 e. The van der Waals surface area contributed by atoms with E-state index < -0.39 is 0 Å². The van der Waals surface area contributed by atoms with Crippen molar-refractivity contribution in [1.29, 1.82) is 0 Å². The van der Waals surface area contributed by atoms with Crippen LogP contribution in [0, 0.1) is 0 Å². The Labute approximate surface area is 61.8 Å². The van der Waals surface area contributed by atoms with Crippen LogP contribution in [-0.4, -0.2) is 24.9 Å². The minimum absolute atomic E-state index is 0.0167. The highest BCUT2D eigenvalue weighted by molar-refractivity contribution is 5.00. The number of allylic oxidation sites excluding steroid dienone is 2. The van der Waals surface area contributed by atoms with Crippen molar-refractivity contribution in [3.63, 3.8) is 0 Å². The maximum atomic E-state index is 8.53. The van der Waals surface area contributed by atoms with E-state index in [-0.39, 0.29) is 12.7 Å². The molecule has 0 aliphatic heterocycles. The zero-order chi connectivity index (χ0) is 7.82. The van der Waals surface area contributed by atoms with Gasteiger partial charge in [-0.05, 0) is 0 Å². The highest BCUT2D eigenvalue weighted by atomic mass is 16.5. The highest BCUT2D eigenvalue weighted by Crippen LogP contribution is 1.97. The smallest absolute Gasteiger partial charge is 0.0776 e. The second-order valence-corrected chi connectivity index (χ2v) is 1.91. The summed E-state index contributed by atoms with van der Waals surface area (Å²) in [7, 11) is 1.62. The lowest BCUT2D eigenvalue weighted by Gasteiger charge is -2.06. The van der Waals surface area contributed by atoms with Crippen LogP contribution in [0.15, 0.2) is 24.8 Å². The van der Waals surface area contributed by atoms with Crippen molar-refractivity contribution < 1.29 is 9.84 Å². The molecule has 1 atom stereocenters.